The van der Waals surface area contributed by atoms with Crippen LogP contribution in [0.25, 0.3) is 0 Å². The Balaban J connectivity index is 0.000000494. The zero-order chi connectivity index (χ0) is 58.0. The molecule has 4 aliphatic rings. The summed E-state index contributed by atoms with van der Waals surface area (Å²) in [6, 6.07) is 15.7. The normalized spacial score (nSPS) is 20.3. The largest absolute Gasteiger partial charge is 0.397 e. The number of ketones is 6. The van der Waals surface area contributed by atoms with Crippen LogP contribution in [0.15, 0.2) is 60.7 Å². The van der Waals surface area contributed by atoms with E-state index in [-0.39, 0.29) is 89.9 Å². The summed E-state index contributed by atoms with van der Waals surface area (Å²) in [5.74, 6) is 1.23. The average molecular weight is 1200 g/mol. The summed E-state index contributed by atoms with van der Waals surface area (Å²) in [6.07, 6.45) is 1.11. The van der Waals surface area contributed by atoms with Gasteiger partial charge in [0.1, 0.15) is 30.1 Å². The summed E-state index contributed by atoms with van der Waals surface area (Å²) < 4.78 is 1.64. The molecule has 4 unspecified atom stereocenters. The molecule has 4 aliphatic heterocycles. The third-order valence-corrected chi connectivity index (χ3v) is 21.3. The highest BCUT2D eigenvalue weighted by Gasteiger charge is 2.51. The number of nitrogens with zero attached hydrogens (tertiary/aromatic N) is 2. The summed E-state index contributed by atoms with van der Waals surface area (Å²) in [6.45, 7) is 17.1. The van der Waals surface area contributed by atoms with Crippen molar-refractivity contribution in [1.82, 2.24) is 20.0 Å². The number of halogens is 1. The maximum atomic E-state index is 13.4. The Morgan fingerprint density at radius 2 is 0.962 bits per heavy atom. The van der Waals surface area contributed by atoms with Gasteiger partial charge in [0.15, 0.2) is 28.9 Å². The number of thioether (sulfide) groups is 4. The SMILES string of the molecule is C.CC.CCCC(CC(=O)[C@@H]1CC2(CN1CC)SCCS2)C(O)C(=O)CCC(=O)N[C@H](C(C)=O)c1ccccc1.CCCC(CC(=O)[C@@H]1CC2(CN1Cl)SCCS2)C(O)C(=O)CCC(=O)N[C@H](C(C)=O)c1ccccc1.CCO. The molecule has 4 saturated heterocycles. The van der Waals surface area contributed by atoms with E-state index in [1.54, 1.807) is 59.9 Å². The number of likely N-dealkylation sites (tertiary alicyclic amines) is 1. The minimum absolute atomic E-state index is 0. The molecule has 4 heterocycles. The van der Waals surface area contributed by atoms with Gasteiger partial charge >= 0.3 is 0 Å². The van der Waals surface area contributed by atoms with Gasteiger partial charge in [0, 0.05) is 81.2 Å². The lowest BCUT2D eigenvalue weighted by molar-refractivity contribution is -0.135. The maximum Gasteiger partial charge on any atom is 0.221 e. The molecule has 79 heavy (non-hydrogen) atoms. The van der Waals surface area contributed by atoms with Gasteiger partial charge in [0.25, 0.3) is 0 Å². The fraction of sp³-hybridized carbons (Fsp3) is 0.661. The number of carbonyl (C=O) groups excluding carboxylic acids is 8. The first-order valence-electron chi connectivity index (χ1n) is 27.8. The summed E-state index contributed by atoms with van der Waals surface area (Å²) in [5, 5.41) is 34.6. The molecule has 444 valence electrons. The van der Waals surface area contributed by atoms with Crippen molar-refractivity contribution < 1.29 is 53.7 Å². The molecule has 0 aliphatic carbocycles. The number of Topliss-reactive ketones (excluding diaryl/α,β-unsaturated/α-hetero) is 6. The number of carbonyl (C=O) groups is 8. The zero-order valence-corrected chi connectivity index (χ0v) is 51.1. The lowest BCUT2D eigenvalue weighted by atomic mass is 9.86. The van der Waals surface area contributed by atoms with E-state index in [2.05, 4.69) is 22.5 Å². The number of amides is 2. The summed E-state index contributed by atoms with van der Waals surface area (Å²) in [7, 11) is 0. The fourth-order valence-corrected chi connectivity index (χ4v) is 17.3. The highest BCUT2D eigenvalue weighted by molar-refractivity contribution is 8.21. The van der Waals surface area contributed by atoms with Gasteiger partial charge in [-0.3, -0.25) is 43.3 Å². The van der Waals surface area contributed by atoms with Gasteiger partial charge in [-0.15, -0.1) is 47.0 Å². The molecule has 0 bridgehead atoms. The Morgan fingerprint density at radius 1 is 0.608 bits per heavy atom. The average Bonchev–Trinajstić information content (AvgIpc) is 4.33. The van der Waals surface area contributed by atoms with Gasteiger partial charge < -0.3 is 26.0 Å². The molecule has 0 saturated carbocycles. The number of aliphatic hydroxyl groups excluding tert-OH is 3. The van der Waals surface area contributed by atoms with Crippen LogP contribution in [0.1, 0.15) is 163 Å². The van der Waals surface area contributed by atoms with Crippen LogP contribution < -0.4 is 10.6 Å². The highest BCUT2D eigenvalue weighted by Crippen LogP contribution is 2.53. The number of aliphatic hydroxyl groups is 3. The van der Waals surface area contributed by atoms with Crippen molar-refractivity contribution >= 4 is 105 Å². The van der Waals surface area contributed by atoms with Crippen molar-refractivity contribution in [3.8, 4) is 0 Å². The van der Waals surface area contributed by atoms with E-state index in [1.165, 1.54) is 13.8 Å². The highest BCUT2D eigenvalue weighted by atomic mass is 35.5. The third-order valence-electron chi connectivity index (χ3n) is 14.1. The second kappa shape index (κ2) is 37.2. The van der Waals surface area contributed by atoms with Crippen molar-refractivity contribution in [2.75, 3.05) is 49.3 Å². The quantitative estimate of drug-likeness (QED) is 0.0525. The molecule has 2 aromatic rings. The standard InChI is InChI=1S/C28H40N2O5S2.C26H35ClN2O5S2.C2H6O.C2H6.CH4/c1-4-9-21(16-24(33)22-17-28(18-30(22)5-2)36-14-15-37-28)27(35)23(32)12-13-25(34)29-26(19(3)31)20-10-7-6-8-11-20;1-3-7-19(14-22(32)20-15-26(16-29(20)27)35-12-13-36-26)25(34)21(31)10-11-23(33)28-24(17(2)30)18-8-5-4-6-9-18;1-2-3;1-2;/h6-8,10-11,21-22,26-27,35H,4-5,9,12-18H2,1-3H3,(H,29,34);4-6,8-9,19-20,24-25,34H,3,7,10-16H2,1-2H3,(H,28,33);3H,2H2,1H3;1-2H3;1H4/t21?,22-,26+,27?;19?,20-,24+,25?;;;/m00.../s1. The number of hydrogen-bond acceptors (Lipinski definition) is 17. The van der Waals surface area contributed by atoms with E-state index in [4.69, 9.17) is 16.9 Å². The monoisotopic (exact) mass is 1190 g/mol. The summed E-state index contributed by atoms with van der Waals surface area (Å²) in [4.78, 5) is 104. The fourth-order valence-electron chi connectivity index (χ4n) is 10.2. The predicted molar refractivity (Wildman–Crippen MR) is 325 cm³/mol. The topological polar surface area (TPSA) is 228 Å². The second-order valence-electron chi connectivity index (χ2n) is 19.9. The van der Waals surface area contributed by atoms with Crippen molar-refractivity contribution in [2.45, 2.75) is 184 Å². The van der Waals surface area contributed by atoms with Crippen LogP contribution in [0.3, 0.4) is 0 Å². The zero-order valence-electron chi connectivity index (χ0n) is 47.0. The molecule has 0 aromatic heterocycles. The van der Waals surface area contributed by atoms with Crippen molar-refractivity contribution in [3.05, 3.63) is 71.8 Å². The van der Waals surface area contributed by atoms with Gasteiger partial charge in [0.05, 0.1) is 20.2 Å². The van der Waals surface area contributed by atoms with Crippen LogP contribution in [0.4, 0.5) is 0 Å². The third kappa shape index (κ3) is 22.5. The molecular weight excluding hydrogens is 1100 g/mol. The number of likely N-dealkylation sites (N-methyl/N-ethyl adjacent to an activating group) is 1. The molecule has 2 amide bonds. The van der Waals surface area contributed by atoms with E-state index >= 15 is 0 Å². The molecule has 0 radical (unpaired) electrons. The van der Waals surface area contributed by atoms with Crippen molar-refractivity contribution in [2.24, 2.45) is 11.8 Å². The molecule has 5 N–H and O–H groups in total. The Labute approximate surface area is 493 Å². The van der Waals surface area contributed by atoms with E-state index in [0.29, 0.717) is 43.4 Å². The Morgan fingerprint density at radius 3 is 1.32 bits per heavy atom. The van der Waals surface area contributed by atoms with Gasteiger partial charge in [-0.25, -0.2) is 4.42 Å². The molecule has 2 spiro atoms. The summed E-state index contributed by atoms with van der Waals surface area (Å²) in [5.41, 5.74) is 1.35. The molecular formula is C59H91ClN4O11S4. The molecule has 15 nitrogen and oxygen atoms in total. The van der Waals surface area contributed by atoms with E-state index in [9.17, 15) is 48.6 Å². The number of rotatable bonds is 27. The molecule has 4 fully saturated rings. The lowest BCUT2D eigenvalue weighted by Gasteiger charge is -2.26. The molecule has 6 rings (SSSR count). The van der Waals surface area contributed by atoms with Gasteiger partial charge in [-0.1, -0.05) is 116 Å². The van der Waals surface area contributed by atoms with Gasteiger partial charge in [-0.2, -0.15) is 0 Å². The first-order chi connectivity index (χ1) is 37.3. The Kier molecular flexibility index (Phi) is 33.9. The first-order valence-corrected chi connectivity index (χ1v) is 32.0. The molecule has 8 atom stereocenters. The van der Waals surface area contributed by atoms with E-state index < -0.39 is 65.6 Å². The van der Waals surface area contributed by atoms with E-state index in [0.717, 1.165) is 48.9 Å². The first kappa shape index (κ1) is 72.0. The molecule has 20 heteroatoms. The molecule has 2 aromatic carbocycles. The van der Waals surface area contributed by atoms with Crippen LogP contribution in [-0.4, -0.2) is 153 Å². The maximum absolute atomic E-state index is 13.4. The smallest absolute Gasteiger partial charge is 0.221 e. The van der Waals surface area contributed by atoms with Crippen molar-refractivity contribution in [1.29, 1.82) is 0 Å². The minimum atomic E-state index is -1.33. The Bertz CT molecular complexity index is 2220. The van der Waals surface area contributed by atoms with Crippen LogP contribution in [0.5, 0.6) is 0 Å². The Hall–Kier alpha value is -3.11. The summed E-state index contributed by atoms with van der Waals surface area (Å²) >= 11 is 14.0. The van der Waals surface area contributed by atoms with Crippen molar-refractivity contribution in [3.63, 3.8) is 0 Å². The van der Waals surface area contributed by atoms with Gasteiger partial charge in [0.2, 0.25) is 11.8 Å². The number of benzene rings is 2. The number of nitrogens with one attached hydrogen (secondary N) is 2. The van der Waals surface area contributed by atoms with Crippen LogP contribution in [-0.2, 0) is 38.4 Å². The second-order valence-corrected chi connectivity index (χ2v) is 26.8. The number of hydrogen-bond donors (Lipinski definition) is 5. The van der Waals surface area contributed by atoms with Crippen LogP contribution in [0.2, 0.25) is 0 Å². The van der Waals surface area contributed by atoms with Crippen LogP contribution in [0, 0.1) is 11.8 Å². The van der Waals surface area contributed by atoms with E-state index in [1.807, 2.05) is 86.9 Å². The van der Waals surface area contributed by atoms with Gasteiger partial charge in [-0.05, 0) is 87.7 Å². The predicted octanol–water partition coefficient (Wildman–Crippen LogP) is 9.37. The van der Waals surface area contributed by atoms with Crippen LogP contribution >= 0.6 is 58.8 Å². The lowest BCUT2D eigenvalue weighted by Crippen LogP contribution is -2.39. The minimum Gasteiger partial charge on any atom is -0.397 e.